The highest BCUT2D eigenvalue weighted by Crippen LogP contribution is 2.24. The van der Waals surface area contributed by atoms with E-state index in [9.17, 15) is 8.42 Å². The van der Waals surface area contributed by atoms with Crippen LogP contribution in [0.25, 0.3) is 0 Å². The number of nitrogens with zero attached hydrogens (tertiary/aromatic N) is 1. The van der Waals surface area contributed by atoms with E-state index in [0.29, 0.717) is 18.8 Å². The van der Waals surface area contributed by atoms with E-state index in [0.717, 1.165) is 9.35 Å². The minimum absolute atomic E-state index is 0.0270. The monoisotopic (exact) mass is 378 g/mol. The number of rotatable bonds is 6. The molecule has 8 heteroatoms. The lowest BCUT2D eigenvalue weighted by Crippen LogP contribution is -2.25. The summed E-state index contributed by atoms with van der Waals surface area (Å²) in [6.07, 6.45) is 0. The molecule has 0 amide bonds. The van der Waals surface area contributed by atoms with Crippen LogP contribution in [0.5, 0.6) is 0 Å². The molecule has 0 saturated heterocycles. The van der Waals surface area contributed by atoms with Gasteiger partial charge in [-0.25, -0.2) is 8.42 Å². The lowest BCUT2D eigenvalue weighted by Gasteiger charge is -2.14. The molecule has 0 aliphatic heterocycles. The molecule has 5 nitrogen and oxygen atoms in total. The molecule has 0 atom stereocenters. The van der Waals surface area contributed by atoms with Gasteiger partial charge in [-0.2, -0.15) is 4.31 Å². The standard InChI is InChI=1S/C12H15BrN2O3S2/c1-14-6-10-3-4-12(18-10)20(16,17)15(2)7-11-5-9(13)8-19-11/h3-5,8,14H,6-7H2,1-2H3. The average Bonchev–Trinajstić information content (AvgIpc) is 2.99. The summed E-state index contributed by atoms with van der Waals surface area (Å²) in [5, 5.41) is 4.81. The maximum atomic E-state index is 12.4. The molecule has 2 aromatic heterocycles. The van der Waals surface area contributed by atoms with E-state index in [1.54, 1.807) is 20.2 Å². The third-order valence-corrected chi connectivity index (χ3v) is 6.01. The van der Waals surface area contributed by atoms with Crippen molar-refractivity contribution in [3.63, 3.8) is 0 Å². The smallest absolute Gasteiger partial charge is 0.276 e. The second kappa shape index (κ2) is 6.40. The first-order valence-electron chi connectivity index (χ1n) is 5.86. The van der Waals surface area contributed by atoms with Gasteiger partial charge in [-0.15, -0.1) is 11.3 Å². The SMILES string of the molecule is CNCc1ccc(S(=O)(=O)N(C)Cc2cc(Br)cs2)o1. The molecule has 1 N–H and O–H groups in total. The molecule has 0 unspecified atom stereocenters. The van der Waals surface area contributed by atoms with E-state index < -0.39 is 10.0 Å². The van der Waals surface area contributed by atoms with Gasteiger partial charge in [0.1, 0.15) is 5.76 Å². The highest BCUT2D eigenvalue weighted by Gasteiger charge is 2.25. The Morgan fingerprint density at radius 2 is 2.20 bits per heavy atom. The van der Waals surface area contributed by atoms with Crippen molar-refractivity contribution in [3.8, 4) is 0 Å². The Labute approximate surface area is 130 Å². The molecule has 0 saturated carbocycles. The lowest BCUT2D eigenvalue weighted by molar-refractivity contribution is 0.383. The minimum Gasteiger partial charge on any atom is -0.447 e. The van der Waals surface area contributed by atoms with Crippen LogP contribution in [0.1, 0.15) is 10.6 Å². The molecule has 20 heavy (non-hydrogen) atoms. The fourth-order valence-corrected chi connectivity index (χ4v) is 4.31. The summed E-state index contributed by atoms with van der Waals surface area (Å²) < 4.78 is 32.3. The first-order valence-corrected chi connectivity index (χ1v) is 8.97. The van der Waals surface area contributed by atoms with E-state index in [2.05, 4.69) is 21.2 Å². The fourth-order valence-electron chi connectivity index (χ4n) is 1.66. The van der Waals surface area contributed by atoms with Gasteiger partial charge in [-0.3, -0.25) is 0 Å². The van der Waals surface area contributed by atoms with Crippen molar-refractivity contribution in [1.29, 1.82) is 0 Å². The predicted octanol–water partition coefficient (Wildman–Crippen LogP) is 2.64. The van der Waals surface area contributed by atoms with Gasteiger partial charge in [-0.1, -0.05) is 0 Å². The number of hydrogen-bond donors (Lipinski definition) is 1. The van der Waals surface area contributed by atoms with E-state index in [1.165, 1.54) is 21.7 Å². The summed E-state index contributed by atoms with van der Waals surface area (Å²) in [5.74, 6) is 0.596. The Morgan fingerprint density at radius 3 is 2.80 bits per heavy atom. The third kappa shape index (κ3) is 3.50. The average molecular weight is 379 g/mol. The second-order valence-electron chi connectivity index (χ2n) is 4.24. The maximum Gasteiger partial charge on any atom is 0.276 e. The first kappa shape index (κ1) is 15.7. The molecular weight excluding hydrogens is 364 g/mol. The van der Waals surface area contributed by atoms with Gasteiger partial charge >= 0.3 is 0 Å². The molecule has 0 aromatic carbocycles. The van der Waals surface area contributed by atoms with Crippen LogP contribution in [0, 0.1) is 0 Å². The largest absolute Gasteiger partial charge is 0.447 e. The number of furan rings is 1. The molecule has 110 valence electrons. The zero-order valence-electron chi connectivity index (χ0n) is 11.1. The van der Waals surface area contributed by atoms with E-state index in [1.807, 2.05) is 11.4 Å². The lowest BCUT2D eigenvalue weighted by atomic mass is 10.4. The molecular formula is C12H15BrN2O3S2. The molecule has 0 bridgehead atoms. The van der Waals surface area contributed by atoms with Gasteiger partial charge in [0, 0.05) is 28.3 Å². The van der Waals surface area contributed by atoms with Gasteiger partial charge in [-0.05, 0) is 41.2 Å². The topological polar surface area (TPSA) is 62.6 Å². The number of halogens is 1. The van der Waals surface area contributed by atoms with Crippen molar-refractivity contribution in [2.45, 2.75) is 18.2 Å². The van der Waals surface area contributed by atoms with Crippen LogP contribution in [0.3, 0.4) is 0 Å². The Bertz CT molecular complexity index is 678. The number of hydrogen-bond acceptors (Lipinski definition) is 5. The Morgan fingerprint density at radius 1 is 1.45 bits per heavy atom. The number of nitrogens with one attached hydrogen (secondary N) is 1. The van der Waals surface area contributed by atoms with Gasteiger partial charge in [0.2, 0.25) is 5.09 Å². The van der Waals surface area contributed by atoms with Crippen LogP contribution < -0.4 is 5.32 Å². The number of sulfonamides is 1. The van der Waals surface area contributed by atoms with Crippen molar-refractivity contribution in [1.82, 2.24) is 9.62 Å². The summed E-state index contributed by atoms with van der Waals surface area (Å²) in [6.45, 7) is 0.817. The van der Waals surface area contributed by atoms with Crippen molar-refractivity contribution in [2.75, 3.05) is 14.1 Å². The van der Waals surface area contributed by atoms with Crippen LogP contribution in [-0.4, -0.2) is 26.8 Å². The third-order valence-electron chi connectivity index (χ3n) is 2.65. The summed E-state index contributed by atoms with van der Waals surface area (Å²) in [6, 6.07) is 5.06. The first-order chi connectivity index (χ1) is 9.43. The summed E-state index contributed by atoms with van der Waals surface area (Å²) in [4.78, 5) is 0.963. The molecule has 2 rings (SSSR count). The molecule has 0 spiro atoms. The normalized spacial score (nSPS) is 12.2. The quantitative estimate of drug-likeness (QED) is 0.838. The van der Waals surface area contributed by atoms with Crippen LogP contribution in [0.2, 0.25) is 0 Å². The van der Waals surface area contributed by atoms with Crippen molar-refractivity contribution >= 4 is 37.3 Å². The molecule has 2 heterocycles. The van der Waals surface area contributed by atoms with Crippen molar-refractivity contribution in [3.05, 3.63) is 38.7 Å². The van der Waals surface area contributed by atoms with Gasteiger partial charge in [0.05, 0.1) is 6.54 Å². The summed E-state index contributed by atoms with van der Waals surface area (Å²) >= 11 is 4.86. The van der Waals surface area contributed by atoms with Crippen LogP contribution in [-0.2, 0) is 23.1 Å². The van der Waals surface area contributed by atoms with E-state index in [4.69, 9.17) is 4.42 Å². The maximum absolute atomic E-state index is 12.4. The Balaban J connectivity index is 2.15. The van der Waals surface area contributed by atoms with E-state index in [-0.39, 0.29) is 5.09 Å². The van der Waals surface area contributed by atoms with Crippen LogP contribution in [0.4, 0.5) is 0 Å². The zero-order valence-corrected chi connectivity index (χ0v) is 14.3. The van der Waals surface area contributed by atoms with Crippen molar-refractivity contribution < 1.29 is 12.8 Å². The summed E-state index contributed by atoms with van der Waals surface area (Å²) in [7, 11) is -0.275. The van der Waals surface area contributed by atoms with Crippen LogP contribution in [0.15, 0.2) is 37.6 Å². The summed E-state index contributed by atoms with van der Waals surface area (Å²) in [5.41, 5.74) is 0. The van der Waals surface area contributed by atoms with Gasteiger partial charge in [0.25, 0.3) is 10.0 Å². The number of thiophene rings is 1. The minimum atomic E-state index is -3.60. The second-order valence-corrected chi connectivity index (χ2v) is 8.13. The zero-order chi connectivity index (χ0) is 14.8. The highest BCUT2D eigenvalue weighted by molar-refractivity contribution is 9.10. The Hall–Kier alpha value is -0.670. The van der Waals surface area contributed by atoms with Crippen LogP contribution >= 0.6 is 27.3 Å². The molecule has 0 fully saturated rings. The molecule has 0 aliphatic rings. The predicted molar refractivity (Wildman–Crippen MR) is 82.1 cm³/mol. The van der Waals surface area contributed by atoms with Gasteiger partial charge < -0.3 is 9.73 Å². The van der Waals surface area contributed by atoms with Crippen molar-refractivity contribution in [2.24, 2.45) is 0 Å². The molecule has 0 aliphatic carbocycles. The molecule has 2 aromatic rings. The highest BCUT2D eigenvalue weighted by atomic mass is 79.9. The fraction of sp³-hybridized carbons (Fsp3) is 0.333. The van der Waals surface area contributed by atoms with E-state index >= 15 is 0 Å². The van der Waals surface area contributed by atoms with Gasteiger partial charge in [0.15, 0.2) is 0 Å². The molecule has 0 radical (unpaired) electrons. The Kier molecular flexibility index (Phi) is 5.03.